The Labute approximate surface area is 151 Å². The molecule has 2 N–H and O–H groups in total. The second-order valence-corrected chi connectivity index (χ2v) is 4.61. The van der Waals surface area contributed by atoms with Crippen molar-refractivity contribution in [2.45, 2.75) is 13.0 Å². The predicted octanol–water partition coefficient (Wildman–Crippen LogP) is 2.71. The Kier molecular flexibility index (Phi) is 8.09. The van der Waals surface area contributed by atoms with E-state index >= 15 is 0 Å². The number of furan rings is 1. The Hall–Kier alpha value is -2.10. The zero-order valence-corrected chi connectivity index (χ0v) is 15.0. The lowest BCUT2D eigenvalue weighted by Crippen LogP contribution is -2.37. The lowest BCUT2D eigenvalue weighted by molar-refractivity contribution is -0.384. The molecule has 8 heteroatoms. The van der Waals surface area contributed by atoms with Gasteiger partial charge in [-0.2, -0.15) is 0 Å². The van der Waals surface area contributed by atoms with Crippen LogP contribution in [0.2, 0.25) is 0 Å². The Morgan fingerprint density at radius 3 is 2.57 bits per heavy atom. The monoisotopic (exact) mass is 430 g/mol. The van der Waals surface area contributed by atoms with E-state index in [1.54, 1.807) is 25.4 Å². The summed E-state index contributed by atoms with van der Waals surface area (Å²) < 4.78 is 5.25. The highest BCUT2D eigenvalue weighted by molar-refractivity contribution is 14.0. The van der Waals surface area contributed by atoms with Gasteiger partial charge in [-0.25, -0.2) is 0 Å². The second kappa shape index (κ2) is 9.82. The largest absolute Gasteiger partial charge is 0.469 e. The summed E-state index contributed by atoms with van der Waals surface area (Å²) in [5.74, 6) is 1.59. The van der Waals surface area contributed by atoms with Gasteiger partial charge in [-0.1, -0.05) is 12.1 Å². The molecule has 0 aliphatic heterocycles. The summed E-state index contributed by atoms with van der Waals surface area (Å²) in [6.07, 6.45) is 2.42. The minimum Gasteiger partial charge on any atom is -0.469 e. The van der Waals surface area contributed by atoms with Crippen LogP contribution in [0.3, 0.4) is 0 Å². The first-order valence-corrected chi connectivity index (χ1v) is 6.89. The second-order valence-electron chi connectivity index (χ2n) is 4.61. The quantitative estimate of drug-likeness (QED) is 0.242. The van der Waals surface area contributed by atoms with Crippen molar-refractivity contribution < 1.29 is 9.34 Å². The number of rotatable bonds is 6. The molecule has 1 aromatic heterocycles. The zero-order valence-electron chi connectivity index (χ0n) is 12.7. The summed E-state index contributed by atoms with van der Waals surface area (Å²) in [4.78, 5) is 14.3. The van der Waals surface area contributed by atoms with E-state index in [9.17, 15) is 10.1 Å². The SMILES string of the molecule is CN=C(NCCc1ccco1)NCc1ccc([N+](=O)[O-])cc1.I. The van der Waals surface area contributed by atoms with Gasteiger partial charge in [-0.15, -0.1) is 24.0 Å². The van der Waals surface area contributed by atoms with Crippen molar-refractivity contribution >= 4 is 35.6 Å². The van der Waals surface area contributed by atoms with E-state index in [0.29, 0.717) is 19.0 Å². The average Bonchev–Trinajstić information content (AvgIpc) is 3.04. The molecule has 0 atom stereocenters. The minimum absolute atomic E-state index is 0. The molecule has 0 aliphatic carbocycles. The number of hydrogen-bond acceptors (Lipinski definition) is 4. The first kappa shape index (κ1) is 18.9. The molecular weight excluding hydrogens is 411 g/mol. The molecule has 0 saturated heterocycles. The van der Waals surface area contributed by atoms with Gasteiger partial charge in [0.1, 0.15) is 5.76 Å². The van der Waals surface area contributed by atoms with Crippen LogP contribution in [-0.4, -0.2) is 24.5 Å². The third-order valence-electron chi connectivity index (χ3n) is 3.07. The molecule has 0 aliphatic rings. The first-order chi connectivity index (χ1) is 10.7. The lowest BCUT2D eigenvalue weighted by Gasteiger charge is -2.11. The topological polar surface area (TPSA) is 92.7 Å². The molecule has 1 aromatic carbocycles. The van der Waals surface area contributed by atoms with Crippen molar-refractivity contribution in [1.29, 1.82) is 0 Å². The molecule has 0 unspecified atom stereocenters. The number of nitrogens with zero attached hydrogens (tertiary/aromatic N) is 2. The maximum Gasteiger partial charge on any atom is 0.269 e. The summed E-state index contributed by atoms with van der Waals surface area (Å²) in [5.41, 5.74) is 1.03. The molecule has 2 aromatic rings. The minimum atomic E-state index is -0.410. The van der Waals surface area contributed by atoms with Crippen LogP contribution in [0.5, 0.6) is 0 Å². The first-order valence-electron chi connectivity index (χ1n) is 6.89. The number of halogens is 1. The van der Waals surface area contributed by atoms with Crippen LogP contribution in [0.1, 0.15) is 11.3 Å². The van der Waals surface area contributed by atoms with E-state index in [2.05, 4.69) is 15.6 Å². The molecule has 0 spiro atoms. The molecule has 0 fully saturated rings. The number of benzene rings is 1. The van der Waals surface area contributed by atoms with Gasteiger partial charge in [-0.3, -0.25) is 15.1 Å². The molecule has 0 saturated carbocycles. The maximum atomic E-state index is 10.6. The van der Waals surface area contributed by atoms with Gasteiger partial charge in [-0.05, 0) is 17.7 Å². The van der Waals surface area contributed by atoms with Crippen molar-refractivity contribution in [2.24, 2.45) is 4.99 Å². The summed E-state index contributed by atoms with van der Waals surface area (Å²) in [6, 6.07) is 10.2. The van der Waals surface area contributed by atoms with E-state index in [4.69, 9.17) is 4.42 Å². The number of hydrogen-bond donors (Lipinski definition) is 2. The van der Waals surface area contributed by atoms with Crippen LogP contribution >= 0.6 is 24.0 Å². The van der Waals surface area contributed by atoms with E-state index in [1.807, 2.05) is 12.1 Å². The van der Waals surface area contributed by atoms with Crippen molar-refractivity contribution in [3.63, 3.8) is 0 Å². The van der Waals surface area contributed by atoms with Crippen molar-refractivity contribution in [2.75, 3.05) is 13.6 Å². The van der Waals surface area contributed by atoms with Gasteiger partial charge >= 0.3 is 0 Å². The number of aliphatic imine (C=N–C) groups is 1. The van der Waals surface area contributed by atoms with E-state index in [1.165, 1.54) is 12.1 Å². The van der Waals surface area contributed by atoms with Crippen LogP contribution in [0.25, 0.3) is 0 Å². The average molecular weight is 430 g/mol. The van der Waals surface area contributed by atoms with Crippen molar-refractivity contribution in [1.82, 2.24) is 10.6 Å². The maximum absolute atomic E-state index is 10.6. The fourth-order valence-corrected chi connectivity index (χ4v) is 1.90. The third-order valence-corrected chi connectivity index (χ3v) is 3.07. The highest BCUT2D eigenvalue weighted by Gasteiger charge is 2.04. The van der Waals surface area contributed by atoms with Crippen LogP contribution in [0.15, 0.2) is 52.1 Å². The number of non-ortho nitro benzene ring substituents is 1. The molecule has 7 nitrogen and oxygen atoms in total. The van der Waals surface area contributed by atoms with Crippen molar-refractivity contribution in [3.8, 4) is 0 Å². The highest BCUT2D eigenvalue weighted by Crippen LogP contribution is 2.11. The van der Waals surface area contributed by atoms with E-state index in [-0.39, 0.29) is 29.7 Å². The Bertz CT molecular complexity index is 627. The van der Waals surface area contributed by atoms with Crippen LogP contribution < -0.4 is 10.6 Å². The molecule has 0 radical (unpaired) electrons. The standard InChI is InChI=1S/C15H18N4O3.HI/c1-16-15(17-9-8-14-3-2-10-22-14)18-11-12-4-6-13(7-5-12)19(20)21;/h2-7,10H,8-9,11H2,1H3,(H2,16,17,18);1H. The fraction of sp³-hybridized carbons (Fsp3) is 0.267. The van der Waals surface area contributed by atoms with Gasteiger partial charge < -0.3 is 15.1 Å². The van der Waals surface area contributed by atoms with Crippen LogP contribution in [-0.2, 0) is 13.0 Å². The molecule has 0 amide bonds. The Balaban J connectivity index is 0.00000264. The Morgan fingerprint density at radius 2 is 2.00 bits per heavy atom. The number of guanidine groups is 1. The summed E-state index contributed by atoms with van der Waals surface area (Å²) in [6.45, 7) is 1.24. The van der Waals surface area contributed by atoms with Gasteiger partial charge in [0.25, 0.3) is 5.69 Å². The smallest absolute Gasteiger partial charge is 0.269 e. The molecule has 124 valence electrons. The summed E-state index contributed by atoms with van der Waals surface area (Å²) in [7, 11) is 1.69. The molecule has 2 rings (SSSR count). The highest BCUT2D eigenvalue weighted by atomic mass is 127. The summed E-state index contributed by atoms with van der Waals surface area (Å²) >= 11 is 0. The van der Waals surface area contributed by atoms with Gasteiger partial charge in [0.2, 0.25) is 0 Å². The van der Waals surface area contributed by atoms with Crippen LogP contribution in [0, 0.1) is 10.1 Å². The zero-order chi connectivity index (χ0) is 15.8. The van der Waals surface area contributed by atoms with Gasteiger partial charge in [0, 0.05) is 38.7 Å². The molecule has 23 heavy (non-hydrogen) atoms. The third kappa shape index (κ3) is 6.27. The van der Waals surface area contributed by atoms with Gasteiger partial charge in [0.15, 0.2) is 5.96 Å². The molecule has 0 bridgehead atoms. The number of nitro benzene ring substituents is 1. The van der Waals surface area contributed by atoms with E-state index in [0.717, 1.165) is 17.7 Å². The van der Waals surface area contributed by atoms with Crippen LogP contribution in [0.4, 0.5) is 5.69 Å². The fourth-order valence-electron chi connectivity index (χ4n) is 1.90. The molecule has 1 heterocycles. The molecular formula is C15H19IN4O3. The van der Waals surface area contributed by atoms with Gasteiger partial charge in [0.05, 0.1) is 11.2 Å². The normalized spacial score (nSPS) is 10.7. The van der Waals surface area contributed by atoms with E-state index < -0.39 is 4.92 Å². The lowest BCUT2D eigenvalue weighted by atomic mass is 10.2. The van der Waals surface area contributed by atoms with Crippen molar-refractivity contribution in [3.05, 3.63) is 64.1 Å². The number of nitrogens with one attached hydrogen (secondary N) is 2. The Morgan fingerprint density at radius 1 is 1.26 bits per heavy atom. The summed E-state index contributed by atoms with van der Waals surface area (Å²) in [5, 5.41) is 16.9. The predicted molar refractivity (Wildman–Crippen MR) is 99.1 cm³/mol. The number of nitro groups is 1.